The van der Waals surface area contributed by atoms with Gasteiger partial charge >= 0.3 is 0 Å². The molecule has 1 aliphatic rings. The molecule has 6 heteroatoms. The fourth-order valence-electron chi connectivity index (χ4n) is 2.28. The Labute approximate surface area is 110 Å². The summed E-state index contributed by atoms with van der Waals surface area (Å²) in [5.41, 5.74) is 6.91. The van der Waals surface area contributed by atoms with E-state index in [0.29, 0.717) is 6.54 Å². The second kappa shape index (κ2) is 4.70. The van der Waals surface area contributed by atoms with Gasteiger partial charge in [0.15, 0.2) is 5.13 Å². The smallest absolute Gasteiger partial charge is 0.186 e. The minimum atomic E-state index is 0.587. The molecule has 0 bridgehead atoms. The Bertz CT molecular complexity index is 523. The van der Waals surface area contributed by atoms with Crippen LogP contribution in [0.1, 0.15) is 23.3 Å². The molecule has 0 radical (unpaired) electrons. The molecule has 0 atom stereocenters. The molecule has 0 fully saturated rings. The maximum Gasteiger partial charge on any atom is 0.186 e. The Morgan fingerprint density at radius 2 is 2.33 bits per heavy atom. The summed E-state index contributed by atoms with van der Waals surface area (Å²) in [5, 5.41) is 1.08. The minimum absolute atomic E-state index is 0.587. The lowest BCUT2D eigenvalue weighted by molar-refractivity contribution is 0.559. The van der Waals surface area contributed by atoms with Crippen LogP contribution in [-0.4, -0.2) is 21.1 Å². The third-order valence-electron chi connectivity index (χ3n) is 3.30. The van der Waals surface area contributed by atoms with Crippen molar-refractivity contribution in [3.05, 3.63) is 28.8 Å². The van der Waals surface area contributed by atoms with Gasteiger partial charge < -0.3 is 15.2 Å². The second-order valence-electron chi connectivity index (χ2n) is 4.38. The molecule has 2 aromatic rings. The predicted molar refractivity (Wildman–Crippen MR) is 72.7 cm³/mol. The average molecular weight is 263 g/mol. The topological polar surface area (TPSA) is 60.0 Å². The fourth-order valence-corrected chi connectivity index (χ4v) is 3.33. The standard InChI is InChI=1S/C12H17N5S/c1-2-9-10(7-13)18-12(15-9)17-6-5-16-4-3-14-11(16)8-17/h3-4H,2,5-8,13H2,1H3. The third-order valence-corrected chi connectivity index (χ3v) is 4.48. The number of aryl methyl sites for hydroxylation is 1. The number of imidazole rings is 1. The van der Waals surface area contributed by atoms with Crippen LogP contribution in [0.4, 0.5) is 5.13 Å². The molecule has 96 valence electrons. The number of anilines is 1. The highest BCUT2D eigenvalue weighted by atomic mass is 32.1. The molecule has 3 heterocycles. The number of nitrogens with zero attached hydrogens (tertiary/aromatic N) is 4. The van der Waals surface area contributed by atoms with E-state index in [1.54, 1.807) is 11.3 Å². The molecule has 0 aromatic carbocycles. The van der Waals surface area contributed by atoms with Gasteiger partial charge in [0.05, 0.1) is 12.2 Å². The summed E-state index contributed by atoms with van der Waals surface area (Å²) < 4.78 is 2.20. The van der Waals surface area contributed by atoms with Gasteiger partial charge in [-0.2, -0.15) is 0 Å². The molecule has 0 saturated carbocycles. The van der Waals surface area contributed by atoms with Crippen LogP contribution in [0.5, 0.6) is 0 Å². The Kier molecular flexibility index (Phi) is 3.05. The molecule has 0 aliphatic carbocycles. The molecule has 1 aliphatic heterocycles. The van der Waals surface area contributed by atoms with Crippen molar-refractivity contribution in [2.45, 2.75) is 33.0 Å². The Balaban J connectivity index is 1.86. The molecule has 2 aromatic heterocycles. The Morgan fingerprint density at radius 3 is 3.06 bits per heavy atom. The van der Waals surface area contributed by atoms with Gasteiger partial charge in [0.2, 0.25) is 0 Å². The van der Waals surface area contributed by atoms with Crippen molar-refractivity contribution in [3.8, 4) is 0 Å². The first kappa shape index (κ1) is 11.7. The Morgan fingerprint density at radius 1 is 1.44 bits per heavy atom. The summed E-state index contributed by atoms with van der Waals surface area (Å²) in [6, 6.07) is 0. The number of nitrogens with two attached hydrogens (primary N) is 1. The van der Waals surface area contributed by atoms with E-state index >= 15 is 0 Å². The predicted octanol–water partition coefficient (Wildman–Crippen LogP) is 1.38. The third kappa shape index (κ3) is 1.91. The molecule has 0 amide bonds. The van der Waals surface area contributed by atoms with Crippen molar-refractivity contribution >= 4 is 16.5 Å². The van der Waals surface area contributed by atoms with Gasteiger partial charge in [-0.05, 0) is 6.42 Å². The fraction of sp³-hybridized carbons (Fsp3) is 0.500. The highest BCUT2D eigenvalue weighted by molar-refractivity contribution is 7.15. The van der Waals surface area contributed by atoms with Crippen molar-refractivity contribution in [2.75, 3.05) is 11.4 Å². The summed E-state index contributed by atoms with van der Waals surface area (Å²) >= 11 is 1.72. The van der Waals surface area contributed by atoms with Crippen LogP contribution in [0.25, 0.3) is 0 Å². The first-order chi connectivity index (χ1) is 8.81. The van der Waals surface area contributed by atoms with Gasteiger partial charge in [0.25, 0.3) is 0 Å². The van der Waals surface area contributed by atoms with E-state index in [4.69, 9.17) is 10.7 Å². The number of fused-ring (bicyclic) bond motifs is 1. The maximum absolute atomic E-state index is 5.76. The SMILES string of the molecule is CCc1nc(N2CCn3ccnc3C2)sc1CN. The molecule has 0 saturated heterocycles. The molecular formula is C12H17N5S. The molecular weight excluding hydrogens is 246 g/mol. The monoisotopic (exact) mass is 263 g/mol. The van der Waals surface area contributed by atoms with Crippen LogP contribution in [0.15, 0.2) is 12.4 Å². The van der Waals surface area contributed by atoms with Crippen LogP contribution in [0, 0.1) is 0 Å². The first-order valence-corrected chi connectivity index (χ1v) is 7.07. The summed E-state index contributed by atoms with van der Waals surface area (Å²) in [4.78, 5) is 12.6. The molecule has 5 nitrogen and oxygen atoms in total. The summed E-state index contributed by atoms with van der Waals surface area (Å²) in [5.74, 6) is 1.11. The zero-order valence-electron chi connectivity index (χ0n) is 10.5. The van der Waals surface area contributed by atoms with E-state index in [1.807, 2.05) is 12.4 Å². The van der Waals surface area contributed by atoms with Gasteiger partial charge in [-0.25, -0.2) is 9.97 Å². The van der Waals surface area contributed by atoms with E-state index in [-0.39, 0.29) is 0 Å². The number of rotatable bonds is 3. The zero-order chi connectivity index (χ0) is 12.5. The van der Waals surface area contributed by atoms with E-state index in [2.05, 4.69) is 21.4 Å². The van der Waals surface area contributed by atoms with E-state index < -0.39 is 0 Å². The molecule has 0 unspecified atom stereocenters. The molecule has 3 rings (SSSR count). The second-order valence-corrected chi connectivity index (χ2v) is 5.44. The van der Waals surface area contributed by atoms with Gasteiger partial charge in [0.1, 0.15) is 5.82 Å². The first-order valence-electron chi connectivity index (χ1n) is 6.25. The lowest BCUT2D eigenvalue weighted by Crippen LogP contribution is -2.33. The number of hydrogen-bond acceptors (Lipinski definition) is 5. The number of aromatic nitrogens is 3. The van der Waals surface area contributed by atoms with Crippen molar-refractivity contribution < 1.29 is 0 Å². The normalized spacial score (nSPS) is 14.9. The zero-order valence-corrected chi connectivity index (χ0v) is 11.3. The largest absolute Gasteiger partial charge is 0.339 e. The number of hydrogen-bond donors (Lipinski definition) is 1. The highest BCUT2D eigenvalue weighted by Gasteiger charge is 2.20. The van der Waals surface area contributed by atoms with Crippen molar-refractivity contribution in [2.24, 2.45) is 5.73 Å². The average Bonchev–Trinajstić information content (AvgIpc) is 3.03. The summed E-state index contributed by atoms with van der Waals surface area (Å²) in [7, 11) is 0. The Hall–Kier alpha value is -1.40. The summed E-state index contributed by atoms with van der Waals surface area (Å²) in [6.45, 7) is 5.52. The molecule has 18 heavy (non-hydrogen) atoms. The van der Waals surface area contributed by atoms with Crippen LogP contribution in [-0.2, 0) is 26.1 Å². The quantitative estimate of drug-likeness (QED) is 0.909. The lowest BCUT2D eigenvalue weighted by Gasteiger charge is -2.27. The lowest BCUT2D eigenvalue weighted by atomic mass is 10.3. The van der Waals surface area contributed by atoms with E-state index in [1.165, 1.54) is 4.88 Å². The van der Waals surface area contributed by atoms with E-state index in [0.717, 1.165) is 42.7 Å². The van der Waals surface area contributed by atoms with Crippen LogP contribution < -0.4 is 10.6 Å². The van der Waals surface area contributed by atoms with Crippen LogP contribution in [0.3, 0.4) is 0 Å². The van der Waals surface area contributed by atoms with Gasteiger partial charge in [-0.3, -0.25) is 0 Å². The number of thiazole rings is 1. The van der Waals surface area contributed by atoms with Gasteiger partial charge in [-0.15, -0.1) is 11.3 Å². The van der Waals surface area contributed by atoms with Crippen molar-refractivity contribution in [1.82, 2.24) is 14.5 Å². The van der Waals surface area contributed by atoms with Gasteiger partial charge in [-0.1, -0.05) is 6.92 Å². The van der Waals surface area contributed by atoms with E-state index in [9.17, 15) is 0 Å². The van der Waals surface area contributed by atoms with Crippen molar-refractivity contribution in [1.29, 1.82) is 0 Å². The summed E-state index contributed by atoms with van der Waals surface area (Å²) in [6.07, 6.45) is 4.85. The maximum atomic E-state index is 5.76. The molecule has 2 N–H and O–H groups in total. The highest BCUT2D eigenvalue weighted by Crippen LogP contribution is 2.28. The van der Waals surface area contributed by atoms with Gasteiger partial charge in [0, 0.05) is 36.9 Å². The minimum Gasteiger partial charge on any atom is -0.339 e. The van der Waals surface area contributed by atoms with Crippen LogP contribution >= 0.6 is 11.3 Å². The van der Waals surface area contributed by atoms with Crippen molar-refractivity contribution in [3.63, 3.8) is 0 Å². The van der Waals surface area contributed by atoms with Crippen LogP contribution in [0.2, 0.25) is 0 Å². The molecule has 0 spiro atoms.